The maximum absolute atomic E-state index is 13.6. The quantitative estimate of drug-likeness (QED) is 0.735. The highest BCUT2D eigenvalue weighted by molar-refractivity contribution is 5.20. The zero-order chi connectivity index (χ0) is 12.8. The van der Waals surface area contributed by atoms with Gasteiger partial charge in [0.1, 0.15) is 5.82 Å². The van der Waals surface area contributed by atoms with Crippen molar-refractivity contribution in [3.8, 4) is 0 Å². The summed E-state index contributed by atoms with van der Waals surface area (Å²) in [5, 5.41) is 3.42. The van der Waals surface area contributed by atoms with Crippen molar-refractivity contribution >= 4 is 0 Å². The highest BCUT2D eigenvalue weighted by atomic mass is 19.1. The maximum atomic E-state index is 13.6. The Labute approximate surface area is 110 Å². The van der Waals surface area contributed by atoms with E-state index >= 15 is 0 Å². The fourth-order valence-electron chi connectivity index (χ4n) is 2.94. The van der Waals surface area contributed by atoms with Gasteiger partial charge in [-0.3, -0.25) is 0 Å². The molecule has 18 heavy (non-hydrogen) atoms. The van der Waals surface area contributed by atoms with Crippen molar-refractivity contribution in [2.75, 3.05) is 6.54 Å². The van der Waals surface area contributed by atoms with Gasteiger partial charge in [0, 0.05) is 11.6 Å². The van der Waals surface area contributed by atoms with Crippen molar-refractivity contribution in [2.24, 2.45) is 5.92 Å². The van der Waals surface area contributed by atoms with E-state index in [1.165, 1.54) is 44.6 Å². The molecule has 0 aromatic heterocycles. The lowest BCUT2D eigenvalue weighted by Gasteiger charge is -2.16. The zero-order valence-corrected chi connectivity index (χ0v) is 11.3. The van der Waals surface area contributed by atoms with Gasteiger partial charge in [-0.25, -0.2) is 4.39 Å². The van der Waals surface area contributed by atoms with Crippen molar-refractivity contribution in [3.63, 3.8) is 0 Å². The molecule has 0 saturated heterocycles. The van der Waals surface area contributed by atoms with Gasteiger partial charge in [0.2, 0.25) is 0 Å². The molecular formula is C16H24FN. The van der Waals surface area contributed by atoms with E-state index < -0.39 is 0 Å². The zero-order valence-electron chi connectivity index (χ0n) is 11.3. The molecule has 1 nitrogen and oxygen atoms in total. The van der Waals surface area contributed by atoms with E-state index in [1.54, 1.807) is 6.07 Å². The first-order chi connectivity index (χ1) is 8.77. The third-order valence-corrected chi connectivity index (χ3v) is 4.09. The monoisotopic (exact) mass is 249 g/mol. The molecule has 1 unspecified atom stereocenters. The molecule has 1 aliphatic rings. The van der Waals surface area contributed by atoms with Gasteiger partial charge in [0.15, 0.2) is 0 Å². The molecule has 2 heteroatoms. The summed E-state index contributed by atoms with van der Waals surface area (Å²) in [6, 6.07) is 7.14. The van der Waals surface area contributed by atoms with Gasteiger partial charge in [0.25, 0.3) is 0 Å². The fraction of sp³-hybridized carbons (Fsp3) is 0.625. The molecule has 0 aliphatic heterocycles. The highest BCUT2D eigenvalue weighted by Gasteiger charge is 2.14. The van der Waals surface area contributed by atoms with Crippen molar-refractivity contribution < 1.29 is 4.39 Å². The number of hydrogen-bond acceptors (Lipinski definition) is 1. The molecule has 1 aromatic carbocycles. The summed E-state index contributed by atoms with van der Waals surface area (Å²) in [7, 11) is 0. The van der Waals surface area contributed by atoms with E-state index in [2.05, 4.69) is 5.32 Å². The Hall–Kier alpha value is -0.890. The van der Waals surface area contributed by atoms with Crippen LogP contribution in [0.4, 0.5) is 4.39 Å². The van der Waals surface area contributed by atoms with Gasteiger partial charge in [-0.05, 0) is 38.3 Å². The molecule has 1 aliphatic carbocycles. The first-order valence-electron chi connectivity index (χ1n) is 7.25. The Kier molecular flexibility index (Phi) is 5.18. The van der Waals surface area contributed by atoms with Gasteiger partial charge in [-0.1, -0.05) is 43.9 Å². The molecule has 1 fully saturated rings. The molecule has 0 amide bonds. The minimum absolute atomic E-state index is 0.103. The van der Waals surface area contributed by atoms with Crippen LogP contribution in [0, 0.1) is 11.7 Å². The minimum Gasteiger partial charge on any atom is -0.310 e. The van der Waals surface area contributed by atoms with E-state index in [1.807, 2.05) is 19.1 Å². The number of nitrogens with one attached hydrogen (secondary N) is 1. The molecule has 100 valence electrons. The first kappa shape index (κ1) is 13.5. The van der Waals surface area contributed by atoms with E-state index in [4.69, 9.17) is 0 Å². The van der Waals surface area contributed by atoms with E-state index in [0.29, 0.717) is 0 Å². The van der Waals surface area contributed by atoms with Crippen LogP contribution in [0.5, 0.6) is 0 Å². The number of rotatable bonds is 6. The Morgan fingerprint density at radius 2 is 2.00 bits per heavy atom. The van der Waals surface area contributed by atoms with Crippen LogP contribution in [0.3, 0.4) is 0 Å². The van der Waals surface area contributed by atoms with Gasteiger partial charge >= 0.3 is 0 Å². The third-order valence-electron chi connectivity index (χ3n) is 4.09. The predicted molar refractivity (Wildman–Crippen MR) is 74.0 cm³/mol. The SMILES string of the molecule is CC(NCCCC1CCCC1)c1ccccc1F. The summed E-state index contributed by atoms with van der Waals surface area (Å²) >= 11 is 0. The van der Waals surface area contributed by atoms with Gasteiger partial charge in [-0.2, -0.15) is 0 Å². The normalized spacial score (nSPS) is 18.1. The van der Waals surface area contributed by atoms with Crippen LogP contribution in [-0.4, -0.2) is 6.54 Å². The van der Waals surface area contributed by atoms with Crippen LogP contribution >= 0.6 is 0 Å². The third kappa shape index (κ3) is 3.81. The van der Waals surface area contributed by atoms with Gasteiger partial charge in [-0.15, -0.1) is 0 Å². The van der Waals surface area contributed by atoms with Crippen LogP contribution in [0.15, 0.2) is 24.3 Å². The maximum Gasteiger partial charge on any atom is 0.127 e. The van der Waals surface area contributed by atoms with Crippen LogP contribution in [0.2, 0.25) is 0 Å². The van der Waals surface area contributed by atoms with E-state index in [-0.39, 0.29) is 11.9 Å². The second-order valence-corrected chi connectivity index (χ2v) is 5.49. The summed E-state index contributed by atoms with van der Waals surface area (Å²) in [5.74, 6) is 0.851. The minimum atomic E-state index is -0.103. The van der Waals surface area contributed by atoms with E-state index in [9.17, 15) is 4.39 Å². The highest BCUT2D eigenvalue weighted by Crippen LogP contribution is 2.28. The van der Waals surface area contributed by atoms with Crippen molar-refractivity contribution in [1.29, 1.82) is 0 Å². The molecule has 0 radical (unpaired) electrons. The molecule has 2 rings (SSSR count). The van der Waals surface area contributed by atoms with Crippen molar-refractivity contribution in [1.82, 2.24) is 5.32 Å². The molecule has 1 saturated carbocycles. The fourth-order valence-corrected chi connectivity index (χ4v) is 2.94. The largest absolute Gasteiger partial charge is 0.310 e. The Morgan fingerprint density at radius 3 is 2.72 bits per heavy atom. The van der Waals surface area contributed by atoms with Crippen molar-refractivity contribution in [2.45, 2.75) is 51.5 Å². The predicted octanol–water partition coefficient (Wildman–Crippen LogP) is 4.45. The Morgan fingerprint density at radius 1 is 1.28 bits per heavy atom. The molecule has 1 N–H and O–H groups in total. The molecule has 0 spiro atoms. The average molecular weight is 249 g/mol. The molecule has 0 heterocycles. The second-order valence-electron chi connectivity index (χ2n) is 5.49. The molecule has 1 aromatic rings. The number of halogens is 1. The number of hydrogen-bond donors (Lipinski definition) is 1. The lowest BCUT2D eigenvalue weighted by Crippen LogP contribution is -2.21. The summed E-state index contributed by atoms with van der Waals surface area (Å²) in [6.45, 7) is 3.03. The summed E-state index contributed by atoms with van der Waals surface area (Å²) in [6.07, 6.45) is 8.22. The standard InChI is InChI=1S/C16H24FN/c1-13(15-10-4-5-11-16(15)17)18-12-6-9-14-7-2-3-8-14/h4-5,10-11,13-14,18H,2-3,6-9,12H2,1H3. The smallest absolute Gasteiger partial charge is 0.127 e. The number of benzene rings is 1. The lowest BCUT2D eigenvalue weighted by atomic mass is 10.0. The van der Waals surface area contributed by atoms with Crippen LogP contribution in [0.1, 0.15) is 57.1 Å². The first-order valence-corrected chi connectivity index (χ1v) is 7.25. The summed E-state index contributed by atoms with van der Waals surface area (Å²) in [4.78, 5) is 0. The topological polar surface area (TPSA) is 12.0 Å². The van der Waals surface area contributed by atoms with E-state index in [0.717, 1.165) is 18.0 Å². The van der Waals surface area contributed by atoms with Crippen LogP contribution in [-0.2, 0) is 0 Å². The molecular weight excluding hydrogens is 225 g/mol. The summed E-state index contributed by atoms with van der Waals surface area (Å²) in [5.41, 5.74) is 0.776. The van der Waals surface area contributed by atoms with Gasteiger partial charge in [0.05, 0.1) is 0 Å². The Balaban J connectivity index is 1.68. The second kappa shape index (κ2) is 6.89. The molecule has 1 atom stereocenters. The molecule has 0 bridgehead atoms. The van der Waals surface area contributed by atoms with Crippen molar-refractivity contribution in [3.05, 3.63) is 35.6 Å². The van der Waals surface area contributed by atoms with Crippen LogP contribution in [0.25, 0.3) is 0 Å². The lowest BCUT2D eigenvalue weighted by molar-refractivity contribution is 0.451. The Bertz CT molecular complexity index is 358. The van der Waals surface area contributed by atoms with Crippen LogP contribution < -0.4 is 5.32 Å². The average Bonchev–Trinajstić information content (AvgIpc) is 2.88. The summed E-state index contributed by atoms with van der Waals surface area (Å²) < 4.78 is 13.6. The van der Waals surface area contributed by atoms with Gasteiger partial charge < -0.3 is 5.32 Å².